The lowest BCUT2D eigenvalue weighted by Gasteiger charge is -2.28. The summed E-state index contributed by atoms with van der Waals surface area (Å²) >= 11 is 6.20. The molecule has 0 unspecified atom stereocenters. The van der Waals surface area contributed by atoms with Gasteiger partial charge in [-0.2, -0.15) is 5.10 Å². The first kappa shape index (κ1) is 14.9. The van der Waals surface area contributed by atoms with Crippen molar-refractivity contribution in [3.63, 3.8) is 0 Å². The van der Waals surface area contributed by atoms with Crippen molar-refractivity contribution in [1.82, 2.24) is 9.78 Å². The van der Waals surface area contributed by atoms with E-state index in [1.807, 2.05) is 0 Å². The number of aromatic nitrogens is 2. The van der Waals surface area contributed by atoms with Crippen molar-refractivity contribution in [3.8, 4) is 0 Å². The number of nitrogens with zero attached hydrogens (tertiary/aromatic N) is 2. The van der Waals surface area contributed by atoms with Gasteiger partial charge in [0.05, 0.1) is 11.7 Å². The van der Waals surface area contributed by atoms with E-state index < -0.39 is 0 Å². The van der Waals surface area contributed by atoms with E-state index in [-0.39, 0.29) is 5.41 Å². The summed E-state index contributed by atoms with van der Waals surface area (Å²) in [5, 5.41) is 4.82. The average molecular weight is 283 g/mol. The topological polar surface area (TPSA) is 17.8 Å². The predicted molar refractivity (Wildman–Crippen MR) is 81.8 cm³/mol. The van der Waals surface area contributed by atoms with E-state index in [0.29, 0.717) is 6.04 Å². The van der Waals surface area contributed by atoms with Crippen LogP contribution in [0.3, 0.4) is 0 Å². The molecule has 1 aliphatic carbocycles. The summed E-state index contributed by atoms with van der Waals surface area (Å²) in [4.78, 5) is 0. The lowest BCUT2D eigenvalue weighted by Crippen LogP contribution is -2.24. The summed E-state index contributed by atoms with van der Waals surface area (Å²) in [6.45, 7) is 4.48. The summed E-state index contributed by atoms with van der Waals surface area (Å²) in [7, 11) is 0. The Bertz CT molecular complexity index is 368. The second kappa shape index (κ2) is 6.78. The maximum atomic E-state index is 6.20. The molecule has 19 heavy (non-hydrogen) atoms. The highest BCUT2D eigenvalue weighted by Crippen LogP contribution is 2.33. The van der Waals surface area contributed by atoms with Crippen LogP contribution in [0, 0.1) is 5.41 Å². The van der Waals surface area contributed by atoms with E-state index in [1.165, 1.54) is 37.8 Å². The Balaban J connectivity index is 2.03. The zero-order chi connectivity index (χ0) is 13.7. The maximum absolute atomic E-state index is 6.20. The first-order valence-corrected chi connectivity index (χ1v) is 8.36. The Kier molecular flexibility index (Phi) is 5.32. The Morgan fingerprint density at radius 1 is 1.26 bits per heavy atom. The monoisotopic (exact) mass is 282 g/mol. The van der Waals surface area contributed by atoms with E-state index in [0.717, 1.165) is 25.1 Å². The molecule has 0 saturated heterocycles. The summed E-state index contributed by atoms with van der Waals surface area (Å²) < 4.78 is 2.21. The number of hydrogen-bond donors (Lipinski definition) is 0. The van der Waals surface area contributed by atoms with Gasteiger partial charge < -0.3 is 0 Å². The van der Waals surface area contributed by atoms with Gasteiger partial charge in [-0.05, 0) is 43.6 Å². The van der Waals surface area contributed by atoms with Crippen LogP contribution < -0.4 is 0 Å². The Labute approximate surface area is 122 Å². The highest BCUT2D eigenvalue weighted by molar-refractivity contribution is 6.18. The first-order chi connectivity index (χ1) is 9.23. The third kappa shape index (κ3) is 3.53. The van der Waals surface area contributed by atoms with Crippen molar-refractivity contribution < 1.29 is 0 Å². The van der Waals surface area contributed by atoms with Crippen molar-refractivity contribution >= 4 is 11.6 Å². The fourth-order valence-electron chi connectivity index (χ4n) is 3.14. The molecule has 0 aromatic carbocycles. The highest BCUT2D eigenvalue weighted by Gasteiger charge is 2.27. The van der Waals surface area contributed by atoms with Crippen LogP contribution >= 0.6 is 11.6 Å². The molecule has 108 valence electrons. The van der Waals surface area contributed by atoms with E-state index in [1.54, 1.807) is 0 Å². The summed E-state index contributed by atoms with van der Waals surface area (Å²) in [6.07, 6.45) is 12.1. The van der Waals surface area contributed by atoms with Gasteiger partial charge in [0.15, 0.2) is 0 Å². The molecule has 2 nitrogen and oxygen atoms in total. The minimum Gasteiger partial charge on any atom is -0.269 e. The summed E-state index contributed by atoms with van der Waals surface area (Å²) in [5.41, 5.74) is 1.45. The first-order valence-electron chi connectivity index (χ1n) is 7.83. The maximum Gasteiger partial charge on any atom is 0.0630 e. The predicted octanol–water partition coefficient (Wildman–Crippen LogP) is 4.98. The van der Waals surface area contributed by atoms with Gasteiger partial charge in [0.2, 0.25) is 0 Å². The molecule has 0 aliphatic heterocycles. The van der Waals surface area contributed by atoms with Gasteiger partial charge in [0.25, 0.3) is 0 Å². The van der Waals surface area contributed by atoms with Crippen LogP contribution in [0.4, 0.5) is 0 Å². The van der Waals surface area contributed by atoms with Crippen LogP contribution in [-0.4, -0.2) is 15.7 Å². The Morgan fingerprint density at radius 3 is 2.53 bits per heavy atom. The second-order valence-electron chi connectivity index (χ2n) is 6.10. The van der Waals surface area contributed by atoms with Gasteiger partial charge >= 0.3 is 0 Å². The van der Waals surface area contributed by atoms with E-state index in [2.05, 4.69) is 30.8 Å². The molecule has 0 atom stereocenters. The highest BCUT2D eigenvalue weighted by atomic mass is 35.5. The number of hydrogen-bond acceptors (Lipinski definition) is 1. The average Bonchev–Trinajstić information content (AvgIpc) is 2.94. The smallest absolute Gasteiger partial charge is 0.0630 e. The molecule has 3 heteroatoms. The summed E-state index contributed by atoms with van der Waals surface area (Å²) in [6, 6.07) is 2.83. The molecule has 2 rings (SSSR count). The Hall–Kier alpha value is -0.500. The van der Waals surface area contributed by atoms with Crippen LogP contribution in [0.5, 0.6) is 0 Å². The van der Waals surface area contributed by atoms with Crippen LogP contribution in [-0.2, 0) is 6.42 Å². The third-order valence-electron chi connectivity index (χ3n) is 4.95. The number of alkyl halides is 1. The van der Waals surface area contributed by atoms with Crippen molar-refractivity contribution in [3.05, 3.63) is 18.0 Å². The lowest BCUT2D eigenvalue weighted by molar-refractivity contribution is 0.292. The Morgan fingerprint density at radius 2 is 1.95 bits per heavy atom. The van der Waals surface area contributed by atoms with Gasteiger partial charge in [-0.3, -0.25) is 4.68 Å². The van der Waals surface area contributed by atoms with Crippen molar-refractivity contribution in [2.75, 3.05) is 5.88 Å². The van der Waals surface area contributed by atoms with E-state index in [9.17, 15) is 0 Å². The number of rotatable bonds is 6. The van der Waals surface area contributed by atoms with E-state index in [4.69, 9.17) is 16.7 Å². The van der Waals surface area contributed by atoms with Crippen LogP contribution in [0.15, 0.2) is 12.3 Å². The molecular weight excluding hydrogens is 256 g/mol. The molecule has 1 heterocycles. The summed E-state index contributed by atoms with van der Waals surface area (Å²) in [5.74, 6) is 0.732. The zero-order valence-corrected chi connectivity index (χ0v) is 13.1. The van der Waals surface area contributed by atoms with E-state index >= 15 is 0 Å². The van der Waals surface area contributed by atoms with Crippen molar-refractivity contribution in [1.29, 1.82) is 0 Å². The molecule has 0 amide bonds. The third-order valence-corrected chi connectivity index (χ3v) is 5.52. The molecule has 1 aromatic rings. The lowest BCUT2D eigenvalue weighted by atomic mass is 9.80. The van der Waals surface area contributed by atoms with Crippen LogP contribution in [0.2, 0.25) is 0 Å². The van der Waals surface area contributed by atoms with Gasteiger partial charge in [-0.25, -0.2) is 0 Å². The quantitative estimate of drug-likeness (QED) is 0.673. The second-order valence-corrected chi connectivity index (χ2v) is 6.36. The van der Waals surface area contributed by atoms with Gasteiger partial charge in [0.1, 0.15) is 0 Å². The molecule has 0 N–H and O–H groups in total. The molecular formula is C16H27ClN2. The largest absolute Gasteiger partial charge is 0.269 e. The molecule has 1 aliphatic rings. The van der Waals surface area contributed by atoms with Gasteiger partial charge in [-0.15, -0.1) is 11.6 Å². The minimum absolute atomic E-state index is 0.229. The molecule has 0 radical (unpaired) electrons. The molecule has 0 spiro atoms. The minimum atomic E-state index is 0.229. The zero-order valence-electron chi connectivity index (χ0n) is 12.4. The molecule has 1 saturated carbocycles. The van der Waals surface area contributed by atoms with Gasteiger partial charge in [0, 0.05) is 12.1 Å². The fourth-order valence-corrected chi connectivity index (χ4v) is 3.61. The van der Waals surface area contributed by atoms with Gasteiger partial charge in [-0.1, -0.05) is 33.1 Å². The fraction of sp³-hybridized carbons (Fsp3) is 0.812. The SMILES string of the molecule is CCC(CC)(CCl)Cc1ccn(C2CCCCC2)n1. The van der Waals surface area contributed by atoms with Crippen LogP contribution in [0.25, 0.3) is 0 Å². The molecule has 1 aromatic heterocycles. The van der Waals surface area contributed by atoms with Crippen molar-refractivity contribution in [2.45, 2.75) is 71.3 Å². The van der Waals surface area contributed by atoms with Crippen molar-refractivity contribution in [2.24, 2.45) is 5.41 Å². The number of halogens is 1. The standard InChI is InChI=1S/C16H27ClN2/c1-3-16(4-2,13-17)12-14-10-11-19(18-14)15-8-6-5-7-9-15/h10-11,15H,3-9,12-13H2,1-2H3. The van der Waals surface area contributed by atoms with Crippen LogP contribution in [0.1, 0.15) is 70.5 Å². The molecule has 0 bridgehead atoms. The normalized spacial score (nSPS) is 17.8. The molecule has 1 fully saturated rings.